The molecule has 0 heterocycles. The van der Waals surface area contributed by atoms with E-state index in [1.54, 1.807) is 0 Å². The van der Waals surface area contributed by atoms with Gasteiger partial charge in [-0.05, 0) is 31.2 Å². The molecular weight excluding hydrogens is 265 g/mol. The van der Waals surface area contributed by atoms with Crippen LogP contribution >= 0.6 is 0 Å². The summed E-state index contributed by atoms with van der Waals surface area (Å²) in [6, 6.07) is 3.99. The van der Waals surface area contributed by atoms with Crippen LogP contribution in [0, 0.1) is 0 Å². The number of carbonyl (C=O) groups excluding carboxylic acids is 2. The lowest BCUT2D eigenvalue weighted by molar-refractivity contribution is -0.274. The number of carbonyl (C=O) groups is 2. The molecular formula is C11H11F3N2O3. The maximum absolute atomic E-state index is 11.9. The van der Waals surface area contributed by atoms with Gasteiger partial charge in [-0.2, -0.15) is 0 Å². The monoisotopic (exact) mass is 276 g/mol. The van der Waals surface area contributed by atoms with Gasteiger partial charge in [0.25, 0.3) is 0 Å². The van der Waals surface area contributed by atoms with Crippen molar-refractivity contribution in [1.29, 1.82) is 0 Å². The van der Waals surface area contributed by atoms with Gasteiger partial charge in [-0.3, -0.25) is 4.79 Å². The fourth-order valence-corrected chi connectivity index (χ4v) is 1.12. The van der Waals surface area contributed by atoms with E-state index in [4.69, 9.17) is 0 Å². The van der Waals surface area contributed by atoms with Crippen molar-refractivity contribution in [2.75, 3.05) is 11.9 Å². The summed E-state index contributed by atoms with van der Waals surface area (Å²) in [5.41, 5.74) is 0.274. The fraction of sp³-hybridized carbons (Fsp3) is 0.273. The van der Waals surface area contributed by atoms with E-state index in [1.165, 1.54) is 19.1 Å². The summed E-state index contributed by atoms with van der Waals surface area (Å²) in [4.78, 5) is 21.9. The van der Waals surface area contributed by atoms with Crippen LogP contribution in [0.4, 0.5) is 23.7 Å². The first kappa shape index (κ1) is 14.8. The Morgan fingerprint density at radius 1 is 1.21 bits per heavy atom. The number of ketones is 1. The van der Waals surface area contributed by atoms with Crippen molar-refractivity contribution in [3.05, 3.63) is 24.3 Å². The first-order valence-corrected chi connectivity index (χ1v) is 5.16. The van der Waals surface area contributed by atoms with E-state index in [1.807, 2.05) is 0 Å². The number of benzene rings is 1. The molecule has 104 valence electrons. The lowest BCUT2D eigenvalue weighted by Crippen LogP contribution is -2.32. The topological polar surface area (TPSA) is 67.4 Å². The van der Waals surface area contributed by atoms with Crippen molar-refractivity contribution < 1.29 is 27.5 Å². The molecule has 1 aromatic rings. The number of Topliss-reactive ketones (excluding diaryl/α,β-unsaturated/α-hetero) is 1. The highest BCUT2D eigenvalue weighted by atomic mass is 19.4. The largest absolute Gasteiger partial charge is 0.573 e. The van der Waals surface area contributed by atoms with Crippen LogP contribution in [-0.2, 0) is 4.79 Å². The van der Waals surface area contributed by atoms with Gasteiger partial charge in [0.15, 0.2) is 0 Å². The van der Waals surface area contributed by atoms with Crippen LogP contribution < -0.4 is 15.4 Å². The van der Waals surface area contributed by atoms with Crippen LogP contribution in [0.1, 0.15) is 6.92 Å². The first-order valence-electron chi connectivity index (χ1n) is 5.16. The number of ether oxygens (including phenoxy) is 1. The zero-order valence-corrected chi connectivity index (χ0v) is 9.88. The standard InChI is InChI=1S/C11H11F3N2O3/c1-7(17)6-15-10(18)16-8-2-4-9(5-3-8)19-11(12,13)14/h2-5H,6H2,1H3,(H2,15,16,18). The normalized spacial score (nSPS) is 10.7. The van der Waals surface area contributed by atoms with Gasteiger partial charge in [0.1, 0.15) is 11.5 Å². The summed E-state index contributed by atoms with van der Waals surface area (Å²) >= 11 is 0. The van der Waals surface area contributed by atoms with Crippen molar-refractivity contribution in [2.24, 2.45) is 0 Å². The first-order chi connectivity index (χ1) is 8.76. The zero-order valence-electron chi connectivity index (χ0n) is 9.88. The number of hydrogen-bond donors (Lipinski definition) is 2. The minimum Gasteiger partial charge on any atom is -0.406 e. The number of halogens is 3. The summed E-state index contributed by atoms with van der Waals surface area (Å²) in [5, 5.41) is 4.62. The summed E-state index contributed by atoms with van der Waals surface area (Å²) in [5.74, 6) is -0.605. The second-order valence-electron chi connectivity index (χ2n) is 3.58. The van der Waals surface area contributed by atoms with Gasteiger partial charge in [0.05, 0.1) is 6.54 Å². The quantitative estimate of drug-likeness (QED) is 0.886. The van der Waals surface area contributed by atoms with Gasteiger partial charge < -0.3 is 15.4 Å². The molecule has 0 aliphatic rings. The van der Waals surface area contributed by atoms with E-state index in [9.17, 15) is 22.8 Å². The molecule has 0 radical (unpaired) electrons. The number of alkyl halides is 3. The lowest BCUT2D eigenvalue weighted by atomic mass is 10.3. The summed E-state index contributed by atoms with van der Waals surface area (Å²) in [6.07, 6.45) is -4.76. The van der Waals surface area contributed by atoms with Gasteiger partial charge in [-0.1, -0.05) is 0 Å². The Hall–Kier alpha value is -2.25. The Balaban J connectivity index is 2.52. The number of rotatable bonds is 4. The molecule has 1 aromatic carbocycles. The van der Waals surface area contributed by atoms with E-state index in [0.717, 1.165) is 12.1 Å². The Bertz CT molecular complexity index is 457. The number of anilines is 1. The molecule has 0 aromatic heterocycles. The van der Waals surface area contributed by atoms with Crippen LogP contribution in [0.5, 0.6) is 5.75 Å². The van der Waals surface area contributed by atoms with Gasteiger partial charge in [0, 0.05) is 5.69 Å². The lowest BCUT2D eigenvalue weighted by Gasteiger charge is -2.10. The third kappa shape index (κ3) is 6.29. The number of hydrogen-bond acceptors (Lipinski definition) is 3. The molecule has 1 rings (SSSR count). The molecule has 0 saturated carbocycles. The second kappa shape index (κ2) is 6.07. The van der Waals surface area contributed by atoms with Crippen LogP contribution in [0.15, 0.2) is 24.3 Å². The predicted molar refractivity (Wildman–Crippen MR) is 60.8 cm³/mol. The summed E-state index contributed by atoms with van der Waals surface area (Å²) < 4.78 is 39.4. The van der Waals surface area contributed by atoms with Crippen LogP contribution in [0.2, 0.25) is 0 Å². The molecule has 0 aliphatic carbocycles. The molecule has 2 N–H and O–H groups in total. The molecule has 0 bridgehead atoms. The highest BCUT2D eigenvalue weighted by molar-refractivity contribution is 5.92. The summed E-state index contributed by atoms with van der Waals surface area (Å²) in [6.45, 7) is 1.19. The van der Waals surface area contributed by atoms with E-state index in [-0.39, 0.29) is 23.8 Å². The Morgan fingerprint density at radius 3 is 2.26 bits per heavy atom. The maximum atomic E-state index is 11.9. The average Bonchev–Trinajstić information content (AvgIpc) is 2.27. The smallest absolute Gasteiger partial charge is 0.406 e. The molecule has 0 spiro atoms. The van der Waals surface area contributed by atoms with E-state index >= 15 is 0 Å². The molecule has 19 heavy (non-hydrogen) atoms. The van der Waals surface area contributed by atoms with Crippen LogP contribution in [-0.4, -0.2) is 24.7 Å². The van der Waals surface area contributed by atoms with Crippen molar-refractivity contribution >= 4 is 17.5 Å². The SMILES string of the molecule is CC(=O)CNC(=O)Nc1ccc(OC(F)(F)F)cc1. The van der Waals surface area contributed by atoms with Gasteiger partial charge >= 0.3 is 12.4 Å². The molecule has 0 unspecified atom stereocenters. The Kier molecular flexibility index (Phi) is 4.74. The van der Waals surface area contributed by atoms with Gasteiger partial charge in [-0.15, -0.1) is 13.2 Å². The molecule has 0 fully saturated rings. The van der Waals surface area contributed by atoms with E-state index in [2.05, 4.69) is 15.4 Å². The molecule has 5 nitrogen and oxygen atoms in total. The summed E-state index contributed by atoms with van der Waals surface area (Å²) in [7, 11) is 0. The van der Waals surface area contributed by atoms with E-state index < -0.39 is 12.4 Å². The van der Waals surface area contributed by atoms with Crippen molar-refractivity contribution in [3.63, 3.8) is 0 Å². The maximum Gasteiger partial charge on any atom is 0.573 e. The third-order valence-corrected chi connectivity index (χ3v) is 1.84. The minimum absolute atomic E-state index is 0.124. The van der Waals surface area contributed by atoms with Gasteiger partial charge in [-0.25, -0.2) is 4.79 Å². The van der Waals surface area contributed by atoms with Crippen molar-refractivity contribution in [2.45, 2.75) is 13.3 Å². The van der Waals surface area contributed by atoms with Crippen LogP contribution in [0.3, 0.4) is 0 Å². The number of urea groups is 1. The highest BCUT2D eigenvalue weighted by Crippen LogP contribution is 2.23. The highest BCUT2D eigenvalue weighted by Gasteiger charge is 2.30. The average molecular weight is 276 g/mol. The predicted octanol–water partition coefficient (Wildman–Crippen LogP) is 2.30. The van der Waals surface area contributed by atoms with E-state index in [0.29, 0.717) is 0 Å². The van der Waals surface area contributed by atoms with Crippen molar-refractivity contribution in [3.8, 4) is 5.75 Å². The second-order valence-corrected chi connectivity index (χ2v) is 3.58. The Morgan fingerprint density at radius 2 is 1.79 bits per heavy atom. The minimum atomic E-state index is -4.76. The Labute approximate surface area is 106 Å². The zero-order chi connectivity index (χ0) is 14.5. The fourth-order valence-electron chi connectivity index (χ4n) is 1.12. The molecule has 0 atom stereocenters. The molecule has 8 heteroatoms. The number of amides is 2. The molecule has 0 aliphatic heterocycles. The van der Waals surface area contributed by atoms with Crippen molar-refractivity contribution in [1.82, 2.24) is 5.32 Å². The molecule has 2 amide bonds. The van der Waals surface area contributed by atoms with Crippen LogP contribution in [0.25, 0.3) is 0 Å². The van der Waals surface area contributed by atoms with Gasteiger partial charge in [0.2, 0.25) is 0 Å². The molecule has 0 saturated heterocycles. The third-order valence-electron chi connectivity index (χ3n) is 1.84. The number of nitrogens with one attached hydrogen (secondary N) is 2.